The lowest BCUT2D eigenvalue weighted by atomic mass is 9.95. The van der Waals surface area contributed by atoms with Crippen LogP contribution in [0.25, 0.3) is 0 Å². The van der Waals surface area contributed by atoms with Crippen molar-refractivity contribution in [2.75, 3.05) is 19.6 Å². The smallest absolute Gasteiger partial charge is 0.270 e. The third kappa shape index (κ3) is 3.01. The molecule has 5 heteroatoms. The molecule has 23 heavy (non-hydrogen) atoms. The zero-order valence-electron chi connectivity index (χ0n) is 13.2. The lowest BCUT2D eigenvalue weighted by Crippen LogP contribution is -2.47. The van der Waals surface area contributed by atoms with Crippen LogP contribution in [0.5, 0.6) is 0 Å². The Labute approximate surface area is 136 Å². The third-order valence-electron chi connectivity index (χ3n) is 5.01. The van der Waals surface area contributed by atoms with E-state index >= 15 is 0 Å². The van der Waals surface area contributed by atoms with Crippen LogP contribution in [-0.4, -0.2) is 51.4 Å². The number of fused-ring (bicyclic) bond motifs is 4. The zero-order chi connectivity index (χ0) is 15.6. The summed E-state index contributed by atoms with van der Waals surface area (Å²) >= 11 is 0. The molecule has 3 aliphatic heterocycles. The van der Waals surface area contributed by atoms with E-state index in [0.29, 0.717) is 17.7 Å². The average molecular weight is 310 g/mol. The van der Waals surface area contributed by atoms with Gasteiger partial charge in [0.1, 0.15) is 5.69 Å². The van der Waals surface area contributed by atoms with Gasteiger partial charge in [0.2, 0.25) is 0 Å². The number of hydrogen-bond donors (Lipinski definition) is 1. The molecule has 0 aliphatic carbocycles. The second-order valence-corrected chi connectivity index (χ2v) is 6.69. The molecule has 0 aromatic carbocycles. The number of aromatic nitrogens is 2. The first kappa shape index (κ1) is 14.5. The fraction of sp³-hybridized carbons (Fsp3) is 0.444. The van der Waals surface area contributed by atoms with E-state index in [4.69, 9.17) is 0 Å². The zero-order valence-corrected chi connectivity index (χ0v) is 13.2. The molecule has 1 N–H and O–H groups in total. The summed E-state index contributed by atoms with van der Waals surface area (Å²) in [6.45, 7) is 3.83. The first-order valence-corrected chi connectivity index (χ1v) is 8.35. The van der Waals surface area contributed by atoms with Crippen LogP contribution in [0.3, 0.4) is 0 Å². The summed E-state index contributed by atoms with van der Waals surface area (Å²) in [6, 6.07) is 8.19. The number of carbonyl (C=O) groups is 1. The molecule has 0 spiro atoms. The van der Waals surface area contributed by atoms with Gasteiger partial charge >= 0.3 is 0 Å². The standard InChI is InChI=1S/C18H22N4O/c23-18(17-4-2-8-20-17)22-12-15-5-6-16(22)13-21(11-15)10-14-3-1-7-19-9-14/h1-4,7-9,15-16,20H,5-6,10-13H2. The van der Waals surface area contributed by atoms with E-state index in [1.54, 1.807) is 0 Å². The Hall–Kier alpha value is -2.14. The lowest BCUT2D eigenvalue weighted by molar-refractivity contribution is 0.0579. The maximum atomic E-state index is 12.7. The van der Waals surface area contributed by atoms with Gasteiger partial charge in [-0.2, -0.15) is 0 Å². The van der Waals surface area contributed by atoms with Crippen molar-refractivity contribution in [2.24, 2.45) is 5.92 Å². The summed E-state index contributed by atoms with van der Waals surface area (Å²) in [5, 5.41) is 0. The maximum Gasteiger partial charge on any atom is 0.270 e. The molecule has 3 aliphatic rings. The maximum absolute atomic E-state index is 12.7. The number of carbonyl (C=O) groups excluding carboxylic acids is 1. The van der Waals surface area contributed by atoms with E-state index in [2.05, 4.69) is 25.8 Å². The van der Waals surface area contributed by atoms with Crippen LogP contribution in [0.4, 0.5) is 0 Å². The highest BCUT2D eigenvalue weighted by atomic mass is 16.2. The molecule has 2 aromatic heterocycles. The Bertz CT molecular complexity index is 655. The van der Waals surface area contributed by atoms with Crippen molar-refractivity contribution in [3.05, 3.63) is 54.1 Å². The van der Waals surface area contributed by atoms with Gasteiger partial charge in [0.05, 0.1) is 0 Å². The van der Waals surface area contributed by atoms with Crippen LogP contribution in [0.15, 0.2) is 42.9 Å². The van der Waals surface area contributed by atoms with E-state index in [1.807, 2.05) is 36.8 Å². The molecular formula is C18H22N4O. The number of H-pyrrole nitrogens is 1. The van der Waals surface area contributed by atoms with Gasteiger partial charge in [-0.25, -0.2) is 0 Å². The Morgan fingerprint density at radius 1 is 1.22 bits per heavy atom. The first-order valence-electron chi connectivity index (χ1n) is 8.35. The molecule has 2 bridgehead atoms. The van der Waals surface area contributed by atoms with Crippen molar-refractivity contribution in [3.8, 4) is 0 Å². The van der Waals surface area contributed by atoms with E-state index in [9.17, 15) is 4.79 Å². The summed E-state index contributed by atoms with van der Waals surface area (Å²) in [4.78, 5) is 24.6. The normalized spacial score (nSPS) is 24.6. The summed E-state index contributed by atoms with van der Waals surface area (Å²) in [7, 11) is 0. The van der Waals surface area contributed by atoms with Crippen molar-refractivity contribution >= 4 is 5.91 Å². The minimum absolute atomic E-state index is 0.146. The molecule has 0 saturated carbocycles. The molecule has 3 fully saturated rings. The SMILES string of the molecule is O=C(c1ccc[nH]1)N1CC2CCC1CN(Cc1cccnc1)C2. The topological polar surface area (TPSA) is 52.2 Å². The van der Waals surface area contributed by atoms with Crippen molar-refractivity contribution in [1.82, 2.24) is 19.8 Å². The van der Waals surface area contributed by atoms with Crippen molar-refractivity contribution in [3.63, 3.8) is 0 Å². The highest BCUT2D eigenvalue weighted by Gasteiger charge is 2.37. The predicted octanol–water partition coefficient (Wildman–Crippen LogP) is 2.15. The van der Waals surface area contributed by atoms with Gasteiger partial charge in [-0.1, -0.05) is 6.07 Å². The predicted molar refractivity (Wildman–Crippen MR) is 87.9 cm³/mol. The van der Waals surface area contributed by atoms with E-state index < -0.39 is 0 Å². The van der Waals surface area contributed by atoms with E-state index in [0.717, 1.165) is 32.6 Å². The van der Waals surface area contributed by atoms with Crippen LogP contribution in [0, 0.1) is 5.92 Å². The number of aromatic amines is 1. The fourth-order valence-electron chi connectivity index (χ4n) is 3.92. The van der Waals surface area contributed by atoms with Gasteiger partial charge in [0, 0.05) is 50.8 Å². The van der Waals surface area contributed by atoms with Crippen LogP contribution in [0.2, 0.25) is 0 Å². The molecule has 2 atom stereocenters. The summed E-state index contributed by atoms with van der Waals surface area (Å²) in [6.07, 6.45) is 7.91. The Kier molecular flexibility index (Phi) is 3.87. The molecule has 120 valence electrons. The van der Waals surface area contributed by atoms with Crippen molar-refractivity contribution < 1.29 is 4.79 Å². The molecule has 5 rings (SSSR count). The second kappa shape index (κ2) is 6.16. The lowest BCUT2D eigenvalue weighted by Gasteiger charge is -2.36. The monoisotopic (exact) mass is 310 g/mol. The number of rotatable bonds is 3. The van der Waals surface area contributed by atoms with Gasteiger partial charge in [-0.15, -0.1) is 0 Å². The molecule has 3 saturated heterocycles. The van der Waals surface area contributed by atoms with Crippen LogP contribution < -0.4 is 0 Å². The average Bonchev–Trinajstić information content (AvgIpc) is 2.98. The molecule has 1 amide bonds. The minimum atomic E-state index is 0.146. The number of hydrogen-bond acceptors (Lipinski definition) is 3. The Balaban J connectivity index is 1.49. The molecule has 2 unspecified atom stereocenters. The van der Waals surface area contributed by atoms with Crippen LogP contribution in [0.1, 0.15) is 28.9 Å². The van der Waals surface area contributed by atoms with E-state index in [1.165, 1.54) is 12.0 Å². The van der Waals surface area contributed by atoms with Gasteiger partial charge in [0.15, 0.2) is 0 Å². The van der Waals surface area contributed by atoms with Gasteiger partial charge in [-0.3, -0.25) is 14.7 Å². The van der Waals surface area contributed by atoms with Gasteiger partial charge in [0.25, 0.3) is 5.91 Å². The first-order chi connectivity index (χ1) is 11.3. The molecule has 2 aromatic rings. The van der Waals surface area contributed by atoms with Gasteiger partial charge < -0.3 is 9.88 Å². The quantitative estimate of drug-likeness (QED) is 0.945. The van der Waals surface area contributed by atoms with E-state index in [-0.39, 0.29) is 5.91 Å². The number of pyridine rings is 1. The number of nitrogens with one attached hydrogen (secondary N) is 1. The molecule has 5 nitrogen and oxygen atoms in total. The fourth-order valence-corrected chi connectivity index (χ4v) is 3.92. The van der Waals surface area contributed by atoms with Crippen molar-refractivity contribution in [2.45, 2.75) is 25.4 Å². The number of amides is 1. The Morgan fingerprint density at radius 2 is 2.17 bits per heavy atom. The summed E-state index contributed by atoms with van der Waals surface area (Å²) < 4.78 is 0. The largest absolute Gasteiger partial charge is 0.357 e. The van der Waals surface area contributed by atoms with Crippen molar-refractivity contribution in [1.29, 1.82) is 0 Å². The second-order valence-electron chi connectivity index (χ2n) is 6.69. The minimum Gasteiger partial charge on any atom is -0.357 e. The highest BCUT2D eigenvalue weighted by molar-refractivity contribution is 5.92. The summed E-state index contributed by atoms with van der Waals surface area (Å²) in [5.74, 6) is 0.720. The van der Waals surface area contributed by atoms with Crippen LogP contribution in [-0.2, 0) is 6.54 Å². The summed E-state index contributed by atoms with van der Waals surface area (Å²) in [5.41, 5.74) is 1.95. The van der Waals surface area contributed by atoms with Gasteiger partial charge in [-0.05, 0) is 42.5 Å². The Morgan fingerprint density at radius 3 is 2.96 bits per heavy atom. The third-order valence-corrected chi connectivity index (χ3v) is 5.01. The molecule has 5 heterocycles. The molecule has 0 radical (unpaired) electrons. The highest BCUT2D eigenvalue weighted by Crippen LogP contribution is 2.29. The van der Waals surface area contributed by atoms with Crippen LogP contribution >= 0.6 is 0 Å². The molecular weight excluding hydrogens is 288 g/mol. The number of piperidine rings is 1. The number of nitrogens with zero attached hydrogens (tertiary/aromatic N) is 3.